The molecule has 1 aromatic heterocycles. The highest BCUT2D eigenvalue weighted by atomic mass is 32.2. The van der Waals surface area contributed by atoms with Gasteiger partial charge in [-0.1, -0.05) is 30.0 Å². The normalized spacial score (nSPS) is 11.2. The van der Waals surface area contributed by atoms with Gasteiger partial charge in [0.1, 0.15) is 22.6 Å². The van der Waals surface area contributed by atoms with Crippen molar-refractivity contribution in [1.82, 2.24) is 4.98 Å². The molecule has 0 fully saturated rings. The summed E-state index contributed by atoms with van der Waals surface area (Å²) in [5.41, 5.74) is 3.40. The number of nitriles is 1. The lowest BCUT2D eigenvalue weighted by Crippen LogP contribution is -2.22. The van der Waals surface area contributed by atoms with E-state index in [-0.39, 0.29) is 11.6 Å². The van der Waals surface area contributed by atoms with Gasteiger partial charge in [-0.2, -0.15) is 5.26 Å². The van der Waals surface area contributed by atoms with E-state index >= 15 is 0 Å². The number of rotatable bonds is 9. The number of hydrogen-bond acceptors (Lipinski definition) is 8. The summed E-state index contributed by atoms with van der Waals surface area (Å²) in [6, 6.07) is 24.6. The molecule has 1 amide bonds. The number of nitrogens with one attached hydrogen (secondary N) is 1. The van der Waals surface area contributed by atoms with E-state index in [0.717, 1.165) is 22.9 Å². The van der Waals surface area contributed by atoms with Crippen LogP contribution >= 0.6 is 11.8 Å². The van der Waals surface area contributed by atoms with Crippen LogP contribution in [0.4, 0.5) is 11.4 Å². The van der Waals surface area contributed by atoms with E-state index in [4.69, 9.17) is 14.5 Å². The molecular weight excluding hydrogens is 516 g/mol. The predicted molar refractivity (Wildman–Crippen MR) is 150 cm³/mol. The van der Waals surface area contributed by atoms with Crippen LogP contribution in [-0.2, 0) is 4.79 Å². The summed E-state index contributed by atoms with van der Waals surface area (Å²) < 4.78 is 10.5. The van der Waals surface area contributed by atoms with Crippen LogP contribution in [0.15, 0.2) is 83.9 Å². The van der Waals surface area contributed by atoms with E-state index in [9.17, 15) is 20.2 Å². The number of non-ortho nitro benzene ring substituents is 1. The Balaban J connectivity index is 1.72. The van der Waals surface area contributed by atoms with Gasteiger partial charge in [0.15, 0.2) is 0 Å². The van der Waals surface area contributed by atoms with Crippen molar-refractivity contribution in [3.63, 3.8) is 0 Å². The number of ether oxygens (including phenoxy) is 2. The van der Waals surface area contributed by atoms with Gasteiger partial charge in [-0.05, 0) is 61.0 Å². The Hall–Kier alpha value is -4.88. The van der Waals surface area contributed by atoms with Gasteiger partial charge < -0.3 is 14.8 Å². The van der Waals surface area contributed by atoms with Crippen LogP contribution in [0.3, 0.4) is 0 Å². The van der Waals surface area contributed by atoms with Crippen molar-refractivity contribution in [2.75, 3.05) is 19.5 Å². The van der Waals surface area contributed by atoms with Crippen LogP contribution in [0.5, 0.6) is 11.5 Å². The zero-order valence-electron chi connectivity index (χ0n) is 21.4. The zero-order chi connectivity index (χ0) is 27.9. The van der Waals surface area contributed by atoms with E-state index in [1.54, 1.807) is 27.2 Å². The summed E-state index contributed by atoms with van der Waals surface area (Å²) >= 11 is 1.14. The van der Waals surface area contributed by atoms with Gasteiger partial charge in [-0.3, -0.25) is 14.9 Å². The molecule has 0 aliphatic rings. The second-order valence-electron chi connectivity index (χ2n) is 8.36. The number of thioether (sulfide) groups is 1. The molecular formula is C29H24N4O5S. The summed E-state index contributed by atoms with van der Waals surface area (Å²) in [5.74, 6) is 0.999. The van der Waals surface area contributed by atoms with Crippen molar-refractivity contribution >= 4 is 29.0 Å². The van der Waals surface area contributed by atoms with E-state index in [1.165, 1.54) is 18.2 Å². The second kappa shape index (κ2) is 12.1. The number of pyridine rings is 1. The van der Waals surface area contributed by atoms with Crippen LogP contribution < -0.4 is 14.8 Å². The van der Waals surface area contributed by atoms with Crippen molar-refractivity contribution in [2.24, 2.45) is 0 Å². The minimum atomic E-state index is -0.668. The summed E-state index contributed by atoms with van der Waals surface area (Å²) in [4.78, 5) is 28.3. The molecule has 0 saturated heterocycles. The summed E-state index contributed by atoms with van der Waals surface area (Å²) in [6.45, 7) is 1.69. The average Bonchev–Trinajstić information content (AvgIpc) is 2.97. The molecule has 4 rings (SSSR count). The Morgan fingerprint density at radius 3 is 2.18 bits per heavy atom. The maximum Gasteiger partial charge on any atom is 0.271 e. The molecule has 39 heavy (non-hydrogen) atoms. The smallest absolute Gasteiger partial charge is 0.271 e. The Labute approximate surface area is 229 Å². The largest absolute Gasteiger partial charge is 0.497 e. The molecule has 1 N–H and O–H groups in total. The second-order valence-corrected chi connectivity index (χ2v) is 9.69. The van der Waals surface area contributed by atoms with Gasteiger partial charge in [-0.25, -0.2) is 4.98 Å². The number of methoxy groups -OCH3 is 2. The molecule has 9 nitrogen and oxygen atoms in total. The zero-order valence-corrected chi connectivity index (χ0v) is 22.2. The number of nitro groups is 1. The number of nitro benzene ring substituents is 1. The molecule has 1 heterocycles. The molecule has 1 atom stereocenters. The highest BCUT2D eigenvalue weighted by molar-refractivity contribution is 8.00. The molecule has 4 aromatic rings. The molecule has 0 aliphatic heterocycles. The van der Waals surface area contributed by atoms with Crippen molar-refractivity contribution < 1.29 is 19.2 Å². The maximum atomic E-state index is 13.0. The lowest BCUT2D eigenvalue weighted by Gasteiger charge is -2.16. The van der Waals surface area contributed by atoms with Gasteiger partial charge in [-0.15, -0.1) is 0 Å². The molecule has 0 spiro atoms. The number of carbonyl (C=O) groups excluding carboxylic acids is 1. The van der Waals surface area contributed by atoms with E-state index in [0.29, 0.717) is 39.0 Å². The number of carbonyl (C=O) groups is 1. The lowest BCUT2D eigenvalue weighted by atomic mass is 9.99. The Kier molecular flexibility index (Phi) is 8.43. The van der Waals surface area contributed by atoms with Crippen LogP contribution in [-0.4, -0.2) is 35.3 Å². The highest BCUT2D eigenvalue weighted by Crippen LogP contribution is 2.37. The summed E-state index contributed by atoms with van der Waals surface area (Å²) in [7, 11) is 3.17. The predicted octanol–water partition coefficient (Wildman–Crippen LogP) is 6.33. The molecule has 10 heteroatoms. The summed E-state index contributed by atoms with van der Waals surface area (Å²) in [5, 5.41) is 23.7. The fourth-order valence-corrected chi connectivity index (χ4v) is 4.71. The minimum absolute atomic E-state index is 0.127. The quantitative estimate of drug-likeness (QED) is 0.148. The minimum Gasteiger partial charge on any atom is -0.497 e. The van der Waals surface area contributed by atoms with Gasteiger partial charge in [0, 0.05) is 28.9 Å². The third kappa shape index (κ3) is 6.34. The number of benzene rings is 3. The number of anilines is 1. The Morgan fingerprint density at radius 2 is 1.62 bits per heavy atom. The van der Waals surface area contributed by atoms with Crippen LogP contribution in [0.1, 0.15) is 12.5 Å². The van der Waals surface area contributed by atoms with Gasteiger partial charge in [0.2, 0.25) is 5.91 Å². The molecule has 1 unspecified atom stereocenters. The first-order chi connectivity index (χ1) is 18.8. The van der Waals surface area contributed by atoms with Gasteiger partial charge >= 0.3 is 0 Å². The molecule has 0 bridgehead atoms. The van der Waals surface area contributed by atoms with E-state index in [1.807, 2.05) is 54.6 Å². The first-order valence-corrected chi connectivity index (χ1v) is 12.7. The van der Waals surface area contributed by atoms with Crippen molar-refractivity contribution in [3.05, 3.63) is 94.5 Å². The third-order valence-corrected chi connectivity index (χ3v) is 6.95. The fourth-order valence-electron chi connectivity index (χ4n) is 3.78. The topological polar surface area (TPSA) is 127 Å². The van der Waals surface area contributed by atoms with Crippen molar-refractivity contribution in [2.45, 2.75) is 17.2 Å². The van der Waals surface area contributed by atoms with Crippen molar-refractivity contribution in [1.29, 1.82) is 5.26 Å². The van der Waals surface area contributed by atoms with Gasteiger partial charge in [0.25, 0.3) is 5.69 Å². The standard InChI is InChI=1S/C29H24N4O5S/c1-18(28(34)31-21-5-4-6-22(15-21)33(35)36)39-29-26(17-30)25(19-7-11-23(37-2)12-8-19)16-27(32-29)20-9-13-24(38-3)14-10-20/h4-16,18H,1-3H3,(H,31,34). The molecule has 0 radical (unpaired) electrons. The first kappa shape index (κ1) is 27.2. The van der Waals surface area contributed by atoms with Crippen LogP contribution in [0.2, 0.25) is 0 Å². The highest BCUT2D eigenvalue weighted by Gasteiger charge is 2.22. The number of hydrogen-bond donors (Lipinski definition) is 1. The SMILES string of the molecule is COc1ccc(-c2cc(-c3ccc(OC)cc3)c(C#N)c(SC(C)C(=O)Nc3cccc([N+](=O)[O-])c3)n2)cc1. The van der Waals surface area contributed by atoms with E-state index < -0.39 is 10.2 Å². The molecule has 0 aliphatic carbocycles. The summed E-state index contributed by atoms with van der Waals surface area (Å²) in [6.07, 6.45) is 0. The number of nitrogens with zero attached hydrogens (tertiary/aromatic N) is 3. The monoisotopic (exact) mass is 540 g/mol. The van der Waals surface area contributed by atoms with Crippen molar-refractivity contribution in [3.8, 4) is 40.0 Å². The van der Waals surface area contributed by atoms with Crippen LogP contribution in [0.25, 0.3) is 22.4 Å². The van der Waals surface area contributed by atoms with E-state index in [2.05, 4.69) is 11.4 Å². The Bertz CT molecular complexity index is 1550. The molecule has 0 saturated carbocycles. The lowest BCUT2D eigenvalue weighted by molar-refractivity contribution is -0.384. The fraction of sp³-hybridized carbons (Fsp3) is 0.138. The number of amides is 1. The van der Waals surface area contributed by atoms with Gasteiger partial charge in [0.05, 0.1) is 35.7 Å². The maximum absolute atomic E-state index is 13.0. The first-order valence-electron chi connectivity index (χ1n) is 11.8. The molecule has 196 valence electrons. The molecule has 3 aromatic carbocycles. The number of aromatic nitrogens is 1. The third-order valence-electron chi connectivity index (χ3n) is 5.87. The Morgan fingerprint density at radius 1 is 1.00 bits per heavy atom. The van der Waals surface area contributed by atoms with Crippen LogP contribution in [0, 0.1) is 21.4 Å². The average molecular weight is 541 g/mol.